The maximum absolute atomic E-state index is 12.8. The molecule has 0 aliphatic rings. The molecule has 140 valence electrons. The standard InChI is InChI=1S/C21H27FN2O2/c22-18(21(23)25)12-7-5-3-1-2-4-6-10-16-26-20-15-14-17-11-8-9-13-19(17)24-20/h8-9,11-15H,1-7,10,16H2,(H2,23,25). The first-order valence-corrected chi connectivity index (χ1v) is 9.31. The second kappa shape index (κ2) is 11.2. The second-order valence-electron chi connectivity index (χ2n) is 6.37. The molecule has 4 nitrogen and oxygen atoms in total. The molecule has 0 bridgehead atoms. The van der Waals surface area contributed by atoms with E-state index in [0.717, 1.165) is 49.4 Å². The van der Waals surface area contributed by atoms with Crippen LogP contribution in [0.25, 0.3) is 10.9 Å². The summed E-state index contributed by atoms with van der Waals surface area (Å²) in [6.07, 6.45) is 9.37. The number of carbonyl (C=O) groups excluding carboxylic acids is 1. The summed E-state index contributed by atoms with van der Waals surface area (Å²) >= 11 is 0. The quantitative estimate of drug-likeness (QED) is 0.425. The van der Waals surface area contributed by atoms with Gasteiger partial charge >= 0.3 is 0 Å². The first-order chi connectivity index (χ1) is 12.7. The summed E-state index contributed by atoms with van der Waals surface area (Å²) in [4.78, 5) is 15.0. The van der Waals surface area contributed by atoms with Crippen LogP contribution in [0.1, 0.15) is 51.4 Å². The fourth-order valence-corrected chi connectivity index (χ4v) is 2.76. The number of primary amides is 1. The van der Waals surface area contributed by atoms with Gasteiger partial charge in [0.1, 0.15) is 0 Å². The molecule has 2 N–H and O–H groups in total. The fraction of sp³-hybridized carbons (Fsp3) is 0.429. The first kappa shape index (κ1) is 19.9. The molecule has 1 aromatic carbocycles. The van der Waals surface area contributed by atoms with Gasteiger partial charge in [-0.05, 0) is 37.5 Å². The summed E-state index contributed by atoms with van der Waals surface area (Å²) in [5, 5.41) is 1.12. The highest BCUT2D eigenvalue weighted by atomic mass is 19.1. The molecular formula is C21H27FN2O2. The van der Waals surface area contributed by atoms with Crippen LogP contribution in [0.4, 0.5) is 4.39 Å². The molecule has 0 aliphatic heterocycles. The number of unbranched alkanes of at least 4 members (excludes halogenated alkanes) is 7. The second-order valence-corrected chi connectivity index (χ2v) is 6.37. The van der Waals surface area contributed by atoms with Crippen molar-refractivity contribution in [1.82, 2.24) is 4.98 Å². The van der Waals surface area contributed by atoms with Crippen molar-refractivity contribution in [3.05, 3.63) is 48.3 Å². The van der Waals surface area contributed by atoms with Crippen LogP contribution >= 0.6 is 0 Å². The minimum atomic E-state index is -0.980. The Labute approximate surface area is 154 Å². The van der Waals surface area contributed by atoms with Crippen LogP contribution in [-0.2, 0) is 4.79 Å². The molecule has 0 radical (unpaired) electrons. The Hall–Kier alpha value is -2.43. The molecule has 1 heterocycles. The topological polar surface area (TPSA) is 65.2 Å². The molecule has 0 saturated carbocycles. The summed E-state index contributed by atoms with van der Waals surface area (Å²) in [7, 11) is 0. The number of hydrogen-bond acceptors (Lipinski definition) is 3. The minimum Gasteiger partial charge on any atom is -0.478 e. The Morgan fingerprint density at radius 3 is 2.46 bits per heavy atom. The summed E-state index contributed by atoms with van der Waals surface area (Å²) in [5.74, 6) is -1.13. The lowest BCUT2D eigenvalue weighted by Gasteiger charge is -2.06. The van der Waals surface area contributed by atoms with E-state index >= 15 is 0 Å². The van der Waals surface area contributed by atoms with E-state index in [0.29, 0.717) is 18.9 Å². The van der Waals surface area contributed by atoms with Crippen molar-refractivity contribution < 1.29 is 13.9 Å². The summed E-state index contributed by atoms with van der Waals surface area (Å²) in [6.45, 7) is 0.683. The molecule has 0 aliphatic carbocycles. The van der Waals surface area contributed by atoms with Gasteiger partial charge in [0.25, 0.3) is 5.91 Å². The molecular weight excluding hydrogens is 331 g/mol. The van der Waals surface area contributed by atoms with Crippen molar-refractivity contribution in [2.45, 2.75) is 51.4 Å². The van der Waals surface area contributed by atoms with E-state index in [9.17, 15) is 9.18 Å². The lowest BCUT2D eigenvalue weighted by Crippen LogP contribution is -2.10. The zero-order chi connectivity index (χ0) is 18.6. The van der Waals surface area contributed by atoms with Crippen LogP contribution in [0.15, 0.2) is 48.3 Å². The van der Waals surface area contributed by atoms with E-state index in [2.05, 4.69) is 4.98 Å². The molecule has 1 aromatic heterocycles. The number of carbonyl (C=O) groups is 1. The molecule has 0 fully saturated rings. The Balaban J connectivity index is 1.48. The van der Waals surface area contributed by atoms with E-state index in [-0.39, 0.29) is 0 Å². The van der Waals surface area contributed by atoms with Crippen LogP contribution in [0.5, 0.6) is 5.88 Å². The van der Waals surface area contributed by atoms with E-state index in [1.54, 1.807) is 0 Å². The SMILES string of the molecule is NC(=O)C(F)=CCCCCCCCCCOc1ccc2ccccc2n1. The van der Waals surface area contributed by atoms with Crippen LogP contribution in [0.2, 0.25) is 0 Å². The number of nitrogens with two attached hydrogens (primary N) is 1. The van der Waals surface area contributed by atoms with Gasteiger partial charge in [-0.3, -0.25) is 4.79 Å². The maximum atomic E-state index is 12.8. The summed E-state index contributed by atoms with van der Waals surface area (Å²) in [6, 6.07) is 11.9. The first-order valence-electron chi connectivity index (χ1n) is 9.31. The van der Waals surface area contributed by atoms with Crippen LogP contribution in [0, 0.1) is 0 Å². The van der Waals surface area contributed by atoms with E-state index < -0.39 is 11.7 Å². The predicted molar refractivity (Wildman–Crippen MR) is 103 cm³/mol. The van der Waals surface area contributed by atoms with Gasteiger partial charge in [-0.1, -0.05) is 50.3 Å². The van der Waals surface area contributed by atoms with Gasteiger partial charge in [0.15, 0.2) is 5.83 Å². The number of halogens is 1. The number of benzene rings is 1. The number of fused-ring (bicyclic) bond motifs is 1. The van der Waals surface area contributed by atoms with Crippen molar-refractivity contribution >= 4 is 16.8 Å². The monoisotopic (exact) mass is 358 g/mol. The Kier molecular flexibility index (Phi) is 8.60. The van der Waals surface area contributed by atoms with Gasteiger partial charge in [0, 0.05) is 11.5 Å². The van der Waals surface area contributed by atoms with Crippen molar-refractivity contribution in [3.8, 4) is 5.88 Å². The highest BCUT2D eigenvalue weighted by molar-refractivity contribution is 5.89. The third-order valence-corrected chi connectivity index (χ3v) is 4.23. The van der Waals surface area contributed by atoms with Gasteiger partial charge in [-0.2, -0.15) is 0 Å². The summed E-state index contributed by atoms with van der Waals surface area (Å²) < 4.78 is 18.6. The predicted octanol–water partition coefficient (Wildman–Crippen LogP) is 5.07. The zero-order valence-corrected chi connectivity index (χ0v) is 15.1. The average molecular weight is 358 g/mol. The number of hydrogen-bond donors (Lipinski definition) is 1. The number of ether oxygens (including phenoxy) is 1. The Morgan fingerprint density at radius 2 is 1.69 bits per heavy atom. The number of aromatic nitrogens is 1. The summed E-state index contributed by atoms with van der Waals surface area (Å²) in [5.41, 5.74) is 5.78. The van der Waals surface area contributed by atoms with Crippen molar-refractivity contribution in [1.29, 1.82) is 0 Å². The number of amides is 1. The van der Waals surface area contributed by atoms with Crippen molar-refractivity contribution in [2.24, 2.45) is 5.73 Å². The molecule has 0 atom stereocenters. The van der Waals surface area contributed by atoms with Gasteiger partial charge in [0.2, 0.25) is 5.88 Å². The third-order valence-electron chi connectivity index (χ3n) is 4.23. The van der Waals surface area contributed by atoms with E-state index in [4.69, 9.17) is 10.5 Å². The number of para-hydroxylation sites is 1. The highest BCUT2D eigenvalue weighted by Crippen LogP contribution is 2.16. The van der Waals surface area contributed by atoms with Gasteiger partial charge < -0.3 is 10.5 Å². The number of pyridine rings is 1. The lowest BCUT2D eigenvalue weighted by molar-refractivity contribution is -0.115. The molecule has 26 heavy (non-hydrogen) atoms. The molecule has 2 rings (SSSR count). The zero-order valence-electron chi connectivity index (χ0n) is 15.1. The van der Waals surface area contributed by atoms with Gasteiger partial charge in [0.05, 0.1) is 12.1 Å². The Bertz CT molecular complexity index is 731. The molecule has 1 amide bonds. The molecule has 0 saturated heterocycles. The molecule has 0 spiro atoms. The van der Waals surface area contributed by atoms with Gasteiger partial charge in [-0.25, -0.2) is 9.37 Å². The fourth-order valence-electron chi connectivity index (χ4n) is 2.76. The number of rotatable bonds is 12. The average Bonchev–Trinajstić information content (AvgIpc) is 2.65. The van der Waals surface area contributed by atoms with E-state index in [1.165, 1.54) is 12.5 Å². The van der Waals surface area contributed by atoms with E-state index in [1.807, 2.05) is 36.4 Å². The molecule has 0 unspecified atom stereocenters. The Morgan fingerprint density at radius 1 is 1.00 bits per heavy atom. The largest absolute Gasteiger partial charge is 0.478 e. The van der Waals surface area contributed by atoms with Gasteiger partial charge in [-0.15, -0.1) is 0 Å². The number of allylic oxidation sites excluding steroid dienone is 1. The third kappa shape index (κ3) is 7.21. The molecule has 5 heteroatoms. The smallest absolute Gasteiger partial charge is 0.277 e. The van der Waals surface area contributed by atoms with Crippen LogP contribution in [-0.4, -0.2) is 17.5 Å². The highest BCUT2D eigenvalue weighted by Gasteiger charge is 2.01. The molecule has 2 aromatic rings. The van der Waals surface area contributed by atoms with Crippen LogP contribution in [0.3, 0.4) is 0 Å². The minimum absolute atomic E-state index is 0.571. The number of nitrogens with zero attached hydrogens (tertiary/aromatic N) is 1. The van der Waals surface area contributed by atoms with Crippen molar-refractivity contribution in [2.75, 3.05) is 6.61 Å². The lowest BCUT2D eigenvalue weighted by atomic mass is 10.1. The van der Waals surface area contributed by atoms with Crippen LogP contribution < -0.4 is 10.5 Å². The maximum Gasteiger partial charge on any atom is 0.277 e. The normalized spacial score (nSPS) is 11.7. The van der Waals surface area contributed by atoms with Crippen molar-refractivity contribution in [3.63, 3.8) is 0 Å².